The van der Waals surface area contributed by atoms with Crippen LogP contribution >= 0.6 is 0 Å². The molecule has 4 rings (SSSR count). The molecular weight excluding hydrogens is 302 g/mol. The van der Waals surface area contributed by atoms with Crippen molar-refractivity contribution in [2.75, 3.05) is 0 Å². The molecule has 0 saturated heterocycles. The van der Waals surface area contributed by atoms with Gasteiger partial charge in [-0.15, -0.1) is 0 Å². The molecule has 0 saturated carbocycles. The summed E-state index contributed by atoms with van der Waals surface area (Å²) in [6.07, 6.45) is 4.19. The molecule has 0 bridgehead atoms. The minimum atomic E-state index is -0.0784. The second-order valence-electron chi connectivity index (χ2n) is 6.44. The number of carbonyl (C=O) groups is 1. The molecule has 2 aromatic heterocycles. The summed E-state index contributed by atoms with van der Waals surface area (Å²) < 4.78 is 1.72. The quantitative estimate of drug-likeness (QED) is 0.777. The Balaban J connectivity index is 1.54. The number of aromatic nitrogens is 4. The molecule has 3 aromatic rings. The number of fused-ring (bicyclic) bond motifs is 2. The summed E-state index contributed by atoms with van der Waals surface area (Å²) >= 11 is 0. The van der Waals surface area contributed by atoms with Gasteiger partial charge in [-0.05, 0) is 44.2 Å². The highest BCUT2D eigenvalue weighted by molar-refractivity contribution is 5.94. The van der Waals surface area contributed by atoms with Crippen LogP contribution in [0.2, 0.25) is 0 Å². The lowest BCUT2D eigenvalue weighted by Gasteiger charge is -2.11. The molecule has 0 spiro atoms. The second kappa shape index (κ2) is 5.78. The van der Waals surface area contributed by atoms with E-state index >= 15 is 0 Å². The molecule has 1 amide bonds. The molecule has 2 N–H and O–H groups in total. The van der Waals surface area contributed by atoms with Crippen LogP contribution in [0.4, 0.5) is 0 Å². The van der Waals surface area contributed by atoms with Crippen molar-refractivity contribution in [1.29, 1.82) is 0 Å². The summed E-state index contributed by atoms with van der Waals surface area (Å²) in [5.41, 5.74) is 5.96. The number of imidazole rings is 1. The van der Waals surface area contributed by atoms with Crippen LogP contribution in [-0.2, 0) is 26.4 Å². The number of aromatic amines is 1. The Kier molecular flexibility index (Phi) is 3.59. The van der Waals surface area contributed by atoms with Gasteiger partial charge in [-0.3, -0.25) is 9.48 Å². The van der Waals surface area contributed by atoms with Crippen molar-refractivity contribution in [1.82, 2.24) is 25.1 Å². The Morgan fingerprint density at radius 2 is 2.17 bits per heavy atom. The van der Waals surface area contributed by atoms with E-state index in [0.717, 1.165) is 59.4 Å². The fourth-order valence-electron chi connectivity index (χ4n) is 3.52. The number of rotatable bonds is 3. The maximum Gasteiger partial charge on any atom is 0.270 e. The zero-order valence-corrected chi connectivity index (χ0v) is 14.0. The number of hydrogen-bond acceptors (Lipinski definition) is 3. The highest BCUT2D eigenvalue weighted by Crippen LogP contribution is 2.23. The summed E-state index contributed by atoms with van der Waals surface area (Å²) in [6, 6.07) is 6.03. The predicted octanol–water partition coefficient (Wildman–Crippen LogP) is 2.41. The number of nitrogens with one attached hydrogen (secondary N) is 2. The topological polar surface area (TPSA) is 75.6 Å². The average molecular weight is 323 g/mol. The summed E-state index contributed by atoms with van der Waals surface area (Å²) in [6.45, 7) is 2.42. The van der Waals surface area contributed by atoms with Gasteiger partial charge in [0.1, 0.15) is 11.5 Å². The Morgan fingerprint density at radius 3 is 3.00 bits per heavy atom. The number of H-pyrrole nitrogens is 1. The highest BCUT2D eigenvalue weighted by Gasteiger charge is 2.23. The van der Waals surface area contributed by atoms with E-state index in [1.54, 1.807) is 4.68 Å². The van der Waals surface area contributed by atoms with Crippen molar-refractivity contribution in [2.24, 2.45) is 7.05 Å². The van der Waals surface area contributed by atoms with Crippen LogP contribution in [0.1, 0.15) is 46.0 Å². The monoisotopic (exact) mass is 323 g/mol. The lowest BCUT2D eigenvalue weighted by molar-refractivity contribution is 0.0939. The number of benzene rings is 1. The van der Waals surface area contributed by atoms with E-state index in [9.17, 15) is 4.79 Å². The largest absolute Gasteiger partial charge is 0.343 e. The van der Waals surface area contributed by atoms with Crippen LogP contribution in [-0.4, -0.2) is 25.7 Å². The van der Waals surface area contributed by atoms with Gasteiger partial charge < -0.3 is 10.3 Å². The van der Waals surface area contributed by atoms with Gasteiger partial charge in [0.25, 0.3) is 5.91 Å². The lowest BCUT2D eigenvalue weighted by Crippen LogP contribution is -2.27. The van der Waals surface area contributed by atoms with Crippen LogP contribution < -0.4 is 5.32 Å². The zero-order chi connectivity index (χ0) is 16.7. The van der Waals surface area contributed by atoms with Crippen molar-refractivity contribution in [2.45, 2.75) is 39.2 Å². The van der Waals surface area contributed by atoms with Gasteiger partial charge in [-0.2, -0.15) is 5.10 Å². The molecule has 6 heteroatoms. The van der Waals surface area contributed by atoms with E-state index < -0.39 is 0 Å². The molecule has 1 aromatic carbocycles. The molecule has 0 radical (unpaired) electrons. The minimum Gasteiger partial charge on any atom is -0.343 e. The van der Waals surface area contributed by atoms with E-state index in [0.29, 0.717) is 12.2 Å². The molecule has 0 unspecified atom stereocenters. The third-order valence-corrected chi connectivity index (χ3v) is 4.71. The highest BCUT2D eigenvalue weighted by atomic mass is 16.2. The first kappa shape index (κ1) is 14.9. The van der Waals surface area contributed by atoms with Crippen molar-refractivity contribution < 1.29 is 4.79 Å². The standard InChI is InChI=1S/C18H21N5O/c1-11-6-5-9-14-16(11)21-15(20-14)10-19-18(24)17-12-7-3-4-8-13(12)22-23(17)2/h5-6,9H,3-4,7-8,10H2,1-2H3,(H,19,24)(H,20,21). The van der Waals surface area contributed by atoms with Gasteiger partial charge in [0.2, 0.25) is 0 Å². The first-order chi connectivity index (χ1) is 11.6. The molecular formula is C18H21N5O. The fraction of sp³-hybridized carbons (Fsp3) is 0.389. The average Bonchev–Trinajstić information content (AvgIpc) is 3.13. The summed E-state index contributed by atoms with van der Waals surface area (Å²) in [5, 5.41) is 7.49. The van der Waals surface area contributed by atoms with E-state index in [4.69, 9.17) is 0 Å². The van der Waals surface area contributed by atoms with E-state index in [-0.39, 0.29) is 5.91 Å². The third kappa shape index (κ3) is 2.48. The van der Waals surface area contributed by atoms with E-state index in [1.807, 2.05) is 32.2 Å². The number of para-hydroxylation sites is 1. The number of hydrogen-bond donors (Lipinski definition) is 2. The molecule has 0 atom stereocenters. The van der Waals surface area contributed by atoms with Gasteiger partial charge in [-0.25, -0.2) is 4.98 Å². The zero-order valence-electron chi connectivity index (χ0n) is 14.0. The number of aryl methyl sites for hydroxylation is 3. The van der Waals surface area contributed by atoms with Crippen LogP contribution in [0.15, 0.2) is 18.2 Å². The summed E-state index contributed by atoms with van der Waals surface area (Å²) in [7, 11) is 1.85. The predicted molar refractivity (Wildman–Crippen MR) is 91.9 cm³/mol. The van der Waals surface area contributed by atoms with Crippen molar-refractivity contribution >= 4 is 16.9 Å². The molecule has 124 valence electrons. The Labute approximate surface area is 140 Å². The molecule has 6 nitrogen and oxygen atoms in total. The van der Waals surface area contributed by atoms with E-state index in [2.05, 4.69) is 20.4 Å². The van der Waals surface area contributed by atoms with Gasteiger partial charge in [0.15, 0.2) is 0 Å². The Morgan fingerprint density at radius 1 is 1.33 bits per heavy atom. The van der Waals surface area contributed by atoms with Crippen molar-refractivity contribution in [3.8, 4) is 0 Å². The molecule has 1 aliphatic carbocycles. The molecule has 0 aliphatic heterocycles. The number of carbonyl (C=O) groups excluding carboxylic acids is 1. The van der Waals surface area contributed by atoms with Gasteiger partial charge in [-0.1, -0.05) is 12.1 Å². The van der Waals surface area contributed by atoms with Crippen molar-refractivity contribution in [3.05, 3.63) is 46.5 Å². The van der Waals surface area contributed by atoms with Crippen LogP contribution in [0.3, 0.4) is 0 Å². The van der Waals surface area contributed by atoms with Crippen molar-refractivity contribution in [3.63, 3.8) is 0 Å². The molecule has 2 heterocycles. The fourth-order valence-corrected chi connectivity index (χ4v) is 3.52. The molecule has 24 heavy (non-hydrogen) atoms. The van der Waals surface area contributed by atoms with Crippen LogP contribution in [0.5, 0.6) is 0 Å². The molecule has 0 fully saturated rings. The first-order valence-electron chi connectivity index (χ1n) is 8.40. The Hall–Kier alpha value is -2.63. The number of amides is 1. The number of nitrogens with zero attached hydrogens (tertiary/aromatic N) is 3. The van der Waals surface area contributed by atoms with Crippen LogP contribution in [0, 0.1) is 6.92 Å². The third-order valence-electron chi connectivity index (χ3n) is 4.71. The van der Waals surface area contributed by atoms with Gasteiger partial charge in [0.05, 0.1) is 23.3 Å². The summed E-state index contributed by atoms with van der Waals surface area (Å²) in [4.78, 5) is 20.5. The molecule has 1 aliphatic rings. The first-order valence-corrected chi connectivity index (χ1v) is 8.40. The maximum atomic E-state index is 12.6. The smallest absolute Gasteiger partial charge is 0.270 e. The SMILES string of the molecule is Cc1cccc2[nH]c(CNC(=O)c3c4c(nn3C)CCCC4)nc12. The van der Waals surface area contributed by atoms with Gasteiger partial charge >= 0.3 is 0 Å². The second-order valence-corrected chi connectivity index (χ2v) is 6.44. The van der Waals surface area contributed by atoms with Gasteiger partial charge in [0, 0.05) is 12.6 Å². The van der Waals surface area contributed by atoms with Crippen LogP contribution in [0.25, 0.3) is 11.0 Å². The maximum absolute atomic E-state index is 12.6. The Bertz CT molecular complexity index is 921. The summed E-state index contributed by atoms with van der Waals surface area (Å²) in [5.74, 6) is 0.689. The minimum absolute atomic E-state index is 0.0784. The lowest BCUT2D eigenvalue weighted by atomic mass is 9.95. The van der Waals surface area contributed by atoms with E-state index in [1.165, 1.54) is 0 Å². The normalized spacial score (nSPS) is 13.9.